The van der Waals surface area contributed by atoms with E-state index in [1.54, 1.807) is 6.92 Å². The van der Waals surface area contributed by atoms with Crippen LogP contribution >= 0.6 is 0 Å². The molecule has 0 aliphatic rings. The summed E-state index contributed by atoms with van der Waals surface area (Å²) in [7, 11) is 0. The van der Waals surface area contributed by atoms with Crippen molar-refractivity contribution in [2.75, 3.05) is 0 Å². The first-order valence-electron chi connectivity index (χ1n) is 3.32. The van der Waals surface area contributed by atoms with Gasteiger partial charge in [-0.2, -0.15) is 0 Å². The third-order valence-electron chi connectivity index (χ3n) is 1.43. The predicted octanol–water partition coefficient (Wildman–Crippen LogP) is 0.706. The zero-order valence-electron chi connectivity index (χ0n) is 6.55. The van der Waals surface area contributed by atoms with Crippen LogP contribution in [0, 0.1) is 11.3 Å². The van der Waals surface area contributed by atoms with Gasteiger partial charge < -0.3 is 10.5 Å². The normalized spacial score (nSPS) is 12.2. The Morgan fingerprint density at radius 3 is 2.09 bits per heavy atom. The largest absolute Gasteiger partial charge is 0.481 e. The molecule has 0 fully saturated rings. The third kappa shape index (κ3) is 2.49. The van der Waals surface area contributed by atoms with Crippen molar-refractivity contribution in [1.29, 1.82) is 5.41 Å². The van der Waals surface area contributed by atoms with E-state index in [1.165, 1.54) is 6.92 Å². The summed E-state index contributed by atoms with van der Waals surface area (Å²) in [4.78, 5) is 20.9. The lowest BCUT2D eigenvalue weighted by atomic mass is 9.98. The van der Waals surface area contributed by atoms with Crippen molar-refractivity contribution in [2.24, 2.45) is 5.92 Å². The van der Waals surface area contributed by atoms with Gasteiger partial charge in [-0.25, -0.2) is 0 Å². The molecule has 4 heteroatoms. The second-order valence-corrected chi connectivity index (χ2v) is 2.27. The van der Waals surface area contributed by atoms with Gasteiger partial charge in [-0.05, 0) is 6.42 Å². The topological polar surface area (TPSA) is 78.2 Å². The lowest BCUT2D eigenvalue weighted by Crippen LogP contribution is -2.27. The standard InChI is InChI=1S/C7H11NO3/c1-3-5(7(10)11)6(8)4(2)9/h5,8H,3H2,1-2H3,(H,10,11)/t5-/m0/s1. The Kier molecular flexibility index (Phi) is 3.44. The molecule has 0 unspecified atom stereocenters. The monoisotopic (exact) mass is 157 g/mol. The van der Waals surface area contributed by atoms with E-state index in [0.717, 1.165) is 0 Å². The fraction of sp³-hybridized carbons (Fsp3) is 0.571. The van der Waals surface area contributed by atoms with Crippen molar-refractivity contribution in [3.8, 4) is 0 Å². The van der Waals surface area contributed by atoms with Gasteiger partial charge in [-0.3, -0.25) is 9.59 Å². The Labute approximate surface area is 64.7 Å². The number of hydrogen-bond acceptors (Lipinski definition) is 3. The number of rotatable bonds is 4. The van der Waals surface area contributed by atoms with Crippen LogP contribution in [0.3, 0.4) is 0 Å². The predicted molar refractivity (Wildman–Crippen MR) is 39.8 cm³/mol. The summed E-state index contributed by atoms with van der Waals surface area (Å²) < 4.78 is 0. The van der Waals surface area contributed by atoms with E-state index in [4.69, 9.17) is 10.5 Å². The highest BCUT2D eigenvalue weighted by molar-refractivity contribution is 6.41. The zero-order valence-corrected chi connectivity index (χ0v) is 6.55. The van der Waals surface area contributed by atoms with Gasteiger partial charge >= 0.3 is 5.97 Å². The van der Waals surface area contributed by atoms with E-state index in [0.29, 0.717) is 0 Å². The molecule has 0 rings (SSSR count). The second-order valence-electron chi connectivity index (χ2n) is 2.27. The number of Topliss-reactive ketones (excluding diaryl/α,β-unsaturated/α-hetero) is 1. The Morgan fingerprint density at radius 1 is 1.55 bits per heavy atom. The van der Waals surface area contributed by atoms with Crippen molar-refractivity contribution < 1.29 is 14.7 Å². The summed E-state index contributed by atoms with van der Waals surface area (Å²) in [6, 6.07) is 0. The number of carbonyl (C=O) groups is 2. The van der Waals surface area contributed by atoms with Gasteiger partial charge in [0.1, 0.15) is 5.92 Å². The van der Waals surface area contributed by atoms with Gasteiger partial charge in [0.05, 0.1) is 5.71 Å². The quantitative estimate of drug-likeness (QED) is 0.590. The maximum absolute atomic E-state index is 10.6. The van der Waals surface area contributed by atoms with Crippen molar-refractivity contribution >= 4 is 17.5 Å². The minimum Gasteiger partial charge on any atom is -0.481 e. The molecule has 0 aromatic heterocycles. The van der Waals surface area contributed by atoms with Gasteiger partial charge in [0.2, 0.25) is 0 Å². The first-order chi connectivity index (χ1) is 5.00. The van der Waals surface area contributed by atoms with E-state index in [1.807, 2.05) is 0 Å². The Morgan fingerprint density at radius 2 is 2.00 bits per heavy atom. The molecular formula is C7H11NO3. The second kappa shape index (κ2) is 3.85. The Balaban J connectivity index is 4.39. The van der Waals surface area contributed by atoms with E-state index in [-0.39, 0.29) is 12.1 Å². The van der Waals surface area contributed by atoms with Crippen molar-refractivity contribution in [3.63, 3.8) is 0 Å². The molecule has 4 nitrogen and oxygen atoms in total. The highest BCUT2D eigenvalue weighted by Gasteiger charge is 2.23. The molecule has 2 N–H and O–H groups in total. The molecule has 62 valence electrons. The minimum absolute atomic E-state index is 0.285. The van der Waals surface area contributed by atoms with Crippen LogP contribution in [0.2, 0.25) is 0 Å². The fourth-order valence-electron chi connectivity index (χ4n) is 0.748. The Bertz CT molecular complexity index is 198. The van der Waals surface area contributed by atoms with Crippen LogP contribution in [0.4, 0.5) is 0 Å². The molecule has 0 heterocycles. The summed E-state index contributed by atoms with van der Waals surface area (Å²) in [5.74, 6) is -2.51. The number of hydrogen-bond donors (Lipinski definition) is 2. The lowest BCUT2D eigenvalue weighted by molar-refractivity contribution is -0.139. The molecule has 0 aromatic rings. The molecule has 0 aromatic carbocycles. The van der Waals surface area contributed by atoms with Gasteiger partial charge in [-0.1, -0.05) is 6.92 Å². The molecule has 11 heavy (non-hydrogen) atoms. The van der Waals surface area contributed by atoms with E-state index in [9.17, 15) is 9.59 Å². The van der Waals surface area contributed by atoms with Crippen molar-refractivity contribution in [1.82, 2.24) is 0 Å². The van der Waals surface area contributed by atoms with E-state index >= 15 is 0 Å². The van der Waals surface area contributed by atoms with Gasteiger partial charge in [0.25, 0.3) is 0 Å². The number of carbonyl (C=O) groups excluding carboxylic acids is 1. The highest BCUT2D eigenvalue weighted by atomic mass is 16.4. The van der Waals surface area contributed by atoms with Gasteiger partial charge in [-0.15, -0.1) is 0 Å². The van der Waals surface area contributed by atoms with Crippen LogP contribution in [-0.4, -0.2) is 22.6 Å². The van der Waals surface area contributed by atoms with E-state index in [2.05, 4.69) is 0 Å². The molecule has 0 aliphatic heterocycles. The molecule has 1 atom stereocenters. The first-order valence-corrected chi connectivity index (χ1v) is 3.32. The number of carboxylic acid groups (broad SMARTS) is 1. The molecule has 0 saturated carbocycles. The molecule has 0 bridgehead atoms. The Hall–Kier alpha value is -1.19. The SMILES string of the molecule is CC[C@@H](C(=N)C(C)=O)C(=O)O. The summed E-state index contributed by atoms with van der Waals surface area (Å²) in [5.41, 5.74) is -0.319. The van der Waals surface area contributed by atoms with Crippen LogP contribution in [0.15, 0.2) is 0 Å². The minimum atomic E-state index is -1.10. The van der Waals surface area contributed by atoms with Crippen LogP contribution in [0.1, 0.15) is 20.3 Å². The smallest absolute Gasteiger partial charge is 0.312 e. The average molecular weight is 157 g/mol. The maximum atomic E-state index is 10.6. The number of aliphatic carboxylic acids is 1. The third-order valence-corrected chi connectivity index (χ3v) is 1.43. The van der Waals surface area contributed by atoms with Gasteiger partial charge in [0, 0.05) is 6.92 Å². The van der Waals surface area contributed by atoms with Crippen LogP contribution in [0.5, 0.6) is 0 Å². The molecule has 0 spiro atoms. The van der Waals surface area contributed by atoms with Crippen LogP contribution in [0.25, 0.3) is 0 Å². The first kappa shape index (κ1) is 9.81. The number of carboxylic acids is 1. The summed E-state index contributed by atoms with van der Waals surface area (Å²) in [6.07, 6.45) is 0.285. The molecule has 0 aliphatic carbocycles. The molecule has 0 amide bonds. The molecule has 0 radical (unpaired) electrons. The van der Waals surface area contributed by atoms with Crippen LogP contribution < -0.4 is 0 Å². The molecule has 0 saturated heterocycles. The highest BCUT2D eigenvalue weighted by Crippen LogP contribution is 2.04. The zero-order chi connectivity index (χ0) is 9.02. The van der Waals surface area contributed by atoms with Crippen molar-refractivity contribution in [3.05, 3.63) is 0 Å². The number of nitrogens with one attached hydrogen (secondary N) is 1. The number of ketones is 1. The summed E-state index contributed by atoms with van der Waals surface area (Å²) in [6.45, 7) is 2.84. The van der Waals surface area contributed by atoms with Crippen LogP contribution in [-0.2, 0) is 9.59 Å². The van der Waals surface area contributed by atoms with Crippen molar-refractivity contribution in [2.45, 2.75) is 20.3 Å². The van der Waals surface area contributed by atoms with E-state index < -0.39 is 17.7 Å². The summed E-state index contributed by atoms with van der Waals surface area (Å²) >= 11 is 0. The lowest BCUT2D eigenvalue weighted by Gasteiger charge is -2.07. The average Bonchev–Trinajstić information content (AvgIpc) is 1.88. The van der Waals surface area contributed by atoms with Gasteiger partial charge in [0.15, 0.2) is 5.78 Å². The summed E-state index contributed by atoms with van der Waals surface area (Å²) in [5, 5.41) is 15.6. The fourth-order valence-corrected chi connectivity index (χ4v) is 0.748. The maximum Gasteiger partial charge on any atom is 0.312 e. The molecular weight excluding hydrogens is 146 g/mol.